The zero-order chi connectivity index (χ0) is 14.8. The lowest BCUT2D eigenvalue weighted by Gasteiger charge is -2.13. The summed E-state index contributed by atoms with van der Waals surface area (Å²) >= 11 is 0. The number of aliphatic hydroxyl groups is 1. The number of halogens is 1. The van der Waals surface area contributed by atoms with Crippen molar-refractivity contribution in [2.45, 2.75) is 19.4 Å². The molecule has 0 heterocycles. The van der Waals surface area contributed by atoms with Crippen LogP contribution < -0.4 is 10.1 Å². The third-order valence-electron chi connectivity index (χ3n) is 2.46. The Kier molecular flexibility index (Phi) is 7.60. The van der Waals surface area contributed by atoms with Crippen molar-refractivity contribution in [1.29, 1.82) is 0 Å². The van der Waals surface area contributed by atoms with E-state index in [1.165, 1.54) is 12.1 Å². The molecule has 1 aromatic rings. The fraction of sp³-hybridized carbons (Fsp3) is 0.500. The first-order valence-electron chi connectivity index (χ1n) is 6.55. The SMILES string of the molecule is CCOC(=O)CCNCC(O)COc1ccccc1F. The first kappa shape index (κ1) is 16.4. The second kappa shape index (κ2) is 9.28. The summed E-state index contributed by atoms with van der Waals surface area (Å²) in [5, 5.41) is 12.5. The van der Waals surface area contributed by atoms with Crippen molar-refractivity contribution in [2.75, 3.05) is 26.3 Å². The quantitative estimate of drug-likeness (QED) is 0.525. The lowest BCUT2D eigenvalue weighted by atomic mass is 10.3. The van der Waals surface area contributed by atoms with Gasteiger partial charge in [0.25, 0.3) is 0 Å². The van der Waals surface area contributed by atoms with Gasteiger partial charge in [-0.05, 0) is 19.1 Å². The van der Waals surface area contributed by atoms with Crippen LogP contribution in [0.1, 0.15) is 13.3 Å². The smallest absolute Gasteiger partial charge is 0.307 e. The largest absolute Gasteiger partial charge is 0.488 e. The molecule has 1 unspecified atom stereocenters. The maximum absolute atomic E-state index is 13.2. The number of hydrogen-bond donors (Lipinski definition) is 2. The Hall–Kier alpha value is -1.66. The standard InChI is InChI=1S/C14H20FNO4/c1-2-19-14(18)7-8-16-9-11(17)10-20-13-6-4-3-5-12(13)15/h3-6,11,16-17H,2,7-10H2,1H3. The van der Waals surface area contributed by atoms with Gasteiger partial charge in [0.05, 0.1) is 13.0 Å². The first-order valence-corrected chi connectivity index (χ1v) is 6.55. The van der Waals surface area contributed by atoms with Crippen molar-refractivity contribution in [1.82, 2.24) is 5.32 Å². The number of nitrogens with one attached hydrogen (secondary N) is 1. The lowest BCUT2D eigenvalue weighted by molar-refractivity contribution is -0.143. The number of benzene rings is 1. The second-order valence-corrected chi connectivity index (χ2v) is 4.15. The van der Waals surface area contributed by atoms with Gasteiger partial charge in [-0.25, -0.2) is 4.39 Å². The van der Waals surface area contributed by atoms with Crippen molar-refractivity contribution in [3.63, 3.8) is 0 Å². The van der Waals surface area contributed by atoms with Crippen molar-refractivity contribution in [3.8, 4) is 5.75 Å². The zero-order valence-corrected chi connectivity index (χ0v) is 11.5. The van der Waals surface area contributed by atoms with Crippen LogP contribution in [0.3, 0.4) is 0 Å². The molecule has 20 heavy (non-hydrogen) atoms. The molecule has 0 aromatic heterocycles. The predicted molar refractivity (Wildman–Crippen MR) is 72.0 cm³/mol. The third-order valence-corrected chi connectivity index (χ3v) is 2.46. The van der Waals surface area contributed by atoms with Crippen molar-refractivity contribution in [2.24, 2.45) is 0 Å². The van der Waals surface area contributed by atoms with Crippen molar-refractivity contribution < 1.29 is 23.8 Å². The topological polar surface area (TPSA) is 67.8 Å². The molecule has 112 valence electrons. The summed E-state index contributed by atoms with van der Waals surface area (Å²) in [5.74, 6) is -0.634. The molecule has 0 aliphatic heterocycles. The van der Waals surface area contributed by atoms with Gasteiger partial charge in [0.2, 0.25) is 0 Å². The van der Waals surface area contributed by atoms with Gasteiger partial charge in [-0.2, -0.15) is 0 Å². The number of rotatable bonds is 9. The van der Waals surface area contributed by atoms with E-state index in [0.717, 1.165) is 0 Å². The molecule has 0 saturated carbocycles. The molecular weight excluding hydrogens is 265 g/mol. The van der Waals surface area contributed by atoms with E-state index in [2.05, 4.69) is 5.32 Å². The Balaban J connectivity index is 2.13. The van der Waals surface area contributed by atoms with E-state index < -0.39 is 11.9 Å². The van der Waals surface area contributed by atoms with Crippen LogP contribution in [0.2, 0.25) is 0 Å². The second-order valence-electron chi connectivity index (χ2n) is 4.15. The van der Waals surface area contributed by atoms with Gasteiger partial charge in [0.15, 0.2) is 11.6 Å². The van der Waals surface area contributed by atoms with E-state index in [-0.39, 0.29) is 31.3 Å². The van der Waals surface area contributed by atoms with Crippen LogP contribution in [0.15, 0.2) is 24.3 Å². The van der Waals surface area contributed by atoms with Crippen molar-refractivity contribution in [3.05, 3.63) is 30.1 Å². The third kappa shape index (κ3) is 6.49. The van der Waals surface area contributed by atoms with E-state index in [4.69, 9.17) is 9.47 Å². The molecule has 0 bridgehead atoms. The van der Waals surface area contributed by atoms with Crippen LogP contribution in [-0.4, -0.2) is 43.5 Å². The van der Waals surface area contributed by atoms with Crippen molar-refractivity contribution >= 4 is 5.97 Å². The van der Waals surface area contributed by atoms with Crippen LogP contribution in [-0.2, 0) is 9.53 Å². The maximum atomic E-state index is 13.2. The normalized spacial score (nSPS) is 11.9. The highest BCUT2D eigenvalue weighted by Gasteiger charge is 2.08. The minimum Gasteiger partial charge on any atom is -0.488 e. The zero-order valence-electron chi connectivity index (χ0n) is 11.5. The van der Waals surface area contributed by atoms with Gasteiger partial charge in [-0.1, -0.05) is 12.1 Å². The molecule has 0 aliphatic carbocycles. The van der Waals surface area contributed by atoms with Gasteiger partial charge >= 0.3 is 5.97 Å². The molecular formula is C14H20FNO4. The summed E-state index contributed by atoms with van der Waals surface area (Å²) in [5.41, 5.74) is 0. The molecule has 5 nitrogen and oxygen atoms in total. The van der Waals surface area contributed by atoms with E-state index in [1.54, 1.807) is 19.1 Å². The van der Waals surface area contributed by atoms with E-state index in [1.807, 2.05) is 0 Å². The number of esters is 1. The van der Waals surface area contributed by atoms with E-state index in [9.17, 15) is 14.3 Å². The summed E-state index contributed by atoms with van der Waals surface area (Å²) in [6, 6.07) is 6.01. The summed E-state index contributed by atoms with van der Waals surface area (Å²) in [6.07, 6.45) is -0.536. The van der Waals surface area contributed by atoms with Crippen LogP contribution in [0.5, 0.6) is 5.75 Å². The molecule has 1 aromatic carbocycles. The number of para-hydroxylation sites is 1. The Morgan fingerprint density at radius 2 is 2.20 bits per heavy atom. The van der Waals surface area contributed by atoms with Crippen LogP contribution >= 0.6 is 0 Å². The van der Waals surface area contributed by atoms with Gasteiger partial charge in [0, 0.05) is 13.1 Å². The highest BCUT2D eigenvalue weighted by molar-refractivity contribution is 5.69. The number of aliphatic hydroxyl groups excluding tert-OH is 1. The molecule has 0 saturated heterocycles. The highest BCUT2D eigenvalue weighted by Crippen LogP contribution is 2.15. The van der Waals surface area contributed by atoms with Gasteiger partial charge in [-0.15, -0.1) is 0 Å². The average molecular weight is 285 g/mol. The number of carbonyl (C=O) groups excluding carboxylic acids is 1. The average Bonchev–Trinajstić information content (AvgIpc) is 2.43. The lowest BCUT2D eigenvalue weighted by Crippen LogP contribution is -2.32. The van der Waals surface area contributed by atoms with Gasteiger partial charge in [-0.3, -0.25) is 4.79 Å². The van der Waals surface area contributed by atoms with Gasteiger partial charge < -0.3 is 19.9 Å². The molecule has 1 rings (SSSR count). The molecule has 0 radical (unpaired) electrons. The van der Waals surface area contributed by atoms with Gasteiger partial charge in [0.1, 0.15) is 12.7 Å². The Morgan fingerprint density at radius 1 is 1.45 bits per heavy atom. The summed E-state index contributed by atoms with van der Waals surface area (Å²) in [6.45, 7) is 2.75. The Morgan fingerprint density at radius 3 is 2.90 bits per heavy atom. The van der Waals surface area contributed by atoms with E-state index >= 15 is 0 Å². The number of hydrogen-bond acceptors (Lipinski definition) is 5. The van der Waals surface area contributed by atoms with Crippen LogP contribution in [0, 0.1) is 5.82 Å². The molecule has 0 spiro atoms. The molecule has 1 atom stereocenters. The van der Waals surface area contributed by atoms with E-state index in [0.29, 0.717) is 13.2 Å². The van der Waals surface area contributed by atoms with Crippen LogP contribution in [0.25, 0.3) is 0 Å². The summed E-state index contributed by atoms with van der Waals surface area (Å²) < 4.78 is 23.2. The minimum absolute atomic E-state index is 0.0205. The summed E-state index contributed by atoms with van der Waals surface area (Å²) in [7, 11) is 0. The monoisotopic (exact) mass is 285 g/mol. The predicted octanol–water partition coefficient (Wildman–Crippen LogP) is 1.11. The molecule has 0 fully saturated rings. The maximum Gasteiger partial charge on any atom is 0.307 e. The summed E-state index contributed by atoms with van der Waals surface area (Å²) in [4.78, 5) is 11.0. The fourth-order valence-electron chi connectivity index (χ4n) is 1.50. The highest BCUT2D eigenvalue weighted by atomic mass is 19.1. The number of carbonyl (C=O) groups is 1. The molecule has 6 heteroatoms. The molecule has 2 N–H and O–H groups in total. The van der Waals surface area contributed by atoms with Crippen LogP contribution in [0.4, 0.5) is 4.39 Å². The minimum atomic E-state index is -0.781. The Bertz CT molecular complexity index is 414. The number of ether oxygens (including phenoxy) is 2. The first-order chi connectivity index (χ1) is 9.63. The fourth-order valence-corrected chi connectivity index (χ4v) is 1.50. The Labute approximate surface area is 117 Å². The molecule has 0 amide bonds. The molecule has 0 aliphatic rings.